The van der Waals surface area contributed by atoms with Gasteiger partial charge in [-0.1, -0.05) is 0 Å². The van der Waals surface area contributed by atoms with Crippen molar-refractivity contribution in [2.45, 2.75) is 24.3 Å². The Hall–Kier alpha value is -0.430. The van der Waals surface area contributed by atoms with Gasteiger partial charge < -0.3 is 5.32 Å². The number of rotatable bonds is 6. The van der Waals surface area contributed by atoms with E-state index in [1.165, 1.54) is 11.3 Å². The number of nitrogens with one attached hydrogen (secondary N) is 2. The summed E-state index contributed by atoms with van der Waals surface area (Å²) in [4.78, 5) is 1.43. The van der Waals surface area contributed by atoms with Gasteiger partial charge in [0.05, 0.1) is 4.90 Å². The fourth-order valence-electron chi connectivity index (χ4n) is 1.40. The van der Waals surface area contributed by atoms with Crippen LogP contribution in [0.5, 0.6) is 0 Å². The first-order chi connectivity index (χ1) is 7.62. The fraction of sp³-hybridized carbons (Fsp3) is 0.600. The van der Waals surface area contributed by atoms with Gasteiger partial charge in [-0.05, 0) is 31.9 Å². The van der Waals surface area contributed by atoms with Crippen molar-refractivity contribution >= 4 is 21.4 Å². The summed E-state index contributed by atoms with van der Waals surface area (Å²) >= 11 is 1.47. The van der Waals surface area contributed by atoms with Gasteiger partial charge in [0, 0.05) is 23.3 Å². The molecule has 0 spiro atoms. The van der Waals surface area contributed by atoms with Gasteiger partial charge in [0.1, 0.15) is 0 Å². The largest absolute Gasteiger partial charge is 0.315 e. The maximum Gasteiger partial charge on any atom is 0.241 e. The van der Waals surface area contributed by atoms with Crippen LogP contribution in [0.4, 0.5) is 0 Å². The molecule has 2 rings (SSSR count). The summed E-state index contributed by atoms with van der Waals surface area (Å²) in [6, 6.07) is 1.73. The van der Waals surface area contributed by atoms with E-state index in [9.17, 15) is 8.42 Å². The van der Waals surface area contributed by atoms with E-state index in [1.54, 1.807) is 11.4 Å². The van der Waals surface area contributed by atoms with E-state index in [0.717, 1.165) is 17.7 Å². The zero-order chi connectivity index (χ0) is 11.6. The van der Waals surface area contributed by atoms with Crippen LogP contribution in [0, 0.1) is 5.92 Å². The number of sulfonamides is 1. The molecule has 1 heterocycles. The lowest BCUT2D eigenvalue weighted by atomic mass is 10.4. The van der Waals surface area contributed by atoms with Crippen LogP contribution in [-0.2, 0) is 16.6 Å². The summed E-state index contributed by atoms with van der Waals surface area (Å²) in [6.45, 7) is 1.29. The molecule has 1 aliphatic rings. The lowest BCUT2D eigenvalue weighted by Gasteiger charge is -2.02. The third-order valence-corrected chi connectivity index (χ3v) is 5.04. The molecule has 0 unspecified atom stereocenters. The molecule has 0 atom stereocenters. The Morgan fingerprint density at radius 3 is 2.88 bits per heavy atom. The molecular weight excluding hydrogens is 244 g/mol. The minimum Gasteiger partial charge on any atom is -0.315 e. The Kier molecular flexibility index (Phi) is 3.63. The lowest BCUT2D eigenvalue weighted by Crippen LogP contribution is -2.25. The van der Waals surface area contributed by atoms with Crippen LogP contribution >= 0.6 is 11.3 Å². The van der Waals surface area contributed by atoms with Gasteiger partial charge in [-0.2, -0.15) is 0 Å². The average Bonchev–Trinajstić information content (AvgIpc) is 2.95. The predicted octanol–water partition coefficient (Wildman–Crippen LogP) is 1.16. The van der Waals surface area contributed by atoms with Gasteiger partial charge in [-0.15, -0.1) is 11.3 Å². The van der Waals surface area contributed by atoms with E-state index in [4.69, 9.17) is 0 Å². The first-order valence-electron chi connectivity index (χ1n) is 5.33. The van der Waals surface area contributed by atoms with Crippen molar-refractivity contribution in [2.24, 2.45) is 5.92 Å². The summed E-state index contributed by atoms with van der Waals surface area (Å²) in [6.07, 6.45) is 2.30. The van der Waals surface area contributed by atoms with Crippen LogP contribution < -0.4 is 10.0 Å². The normalized spacial score (nSPS) is 16.6. The Morgan fingerprint density at radius 2 is 2.25 bits per heavy atom. The average molecular weight is 260 g/mol. The highest BCUT2D eigenvalue weighted by Crippen LogP contribution is 2.28. The minimum absolute atomic E-state index is 0.392. The molecule has 1 aromatic heterocycles. The van der Waals surface area contributed by atoms with Gasteiger partial charge in [0.15, 0.2) is 0 Å². The SMILES string of the molecule is CNCc1cc(S(=O)(=O)NCC2CC2)cs1. The van der Waals surface area contributed by atoms with Gasteiger partial charge in [-0.25, -0.2) is 13.1 Å². The van der Waals surface area contributed by atoms with E-state index in [-0.39, 0.29) is 0 Å². The first-order valence-corrected chi connectivity index (χ1v) is 7.70. The van der Waals surface area contributed by atoms with Crippen LogP contribution in [0.3, 0.4) is 0 Å². The second kappa shape index (κ2) is 4.83. The zero-order valence-corrected chi connectivity index (χ0v) is 10.8. The highest BCUT2D eigenvalue weighted by molar-refractivity contribution is 7.89. The predicted molar refractivity (Wildman–Crippen MR) is 65.0 cm³/mol. The van der Waals surface area contributed by atoms with Crippen LogP contribution in [-0.4, -0.2) is 22.0 Å². The second-order valence-corrected chi connectivity index (χ2v) is 6.84. The van der Waals surface area contributed by atoms with Gasteiger partial charge in [0.2, 0.25) is 10.0 Å². The third kappa shape index (κ3) is 3.04. The summed E-state index contributed by atoms with van der Waals surface area (Å²) in [5.41, 5.74) is 0. The van der Waals surface area contributed by atoms with Crippen molar-refractivity contribution in [3.8, 4) is 0 Å². The van der Waals surface area contributed by atoms with E-state index < -0.39 is 10.0 Å². The Balaban J connectivity index is 2.02. The Bertz CT molecular complexity index is 449. The molecule has 0 aliphatic heterocycles. The highest BCUT2D eigenvalue weighted by Gasteiger charge is 2.24. The van der Waals surface area contributed by atoms with Crippen molar-refractivity contribution in [2.75, 3.05) is 13.6 Å². The molecule has 16 heavy (non-hydrogen) atoms. The summed E-state index contributed by atoms with van der Waals surface area (Å²) in [7, 11) is -1.43. The third-order valence-electron chi connectivity index (χ3n) is 2.55. The van der Waals surface area contributed by atoms with E-state index in [1.807, 2.05) is 7.05 Å². The molecule has 0 amide bonds. The Labute approximate surface area is 100 Å². The number of hydrogen-bond donors (Lipinski definition) is 2. The minimum atomic E-state index is -3.28. The molecule has 1 saturated carbocycles. The lowest BCUT2D eigenvalue weighted by molar-refractivity contribution is 0.577. The standard InChI is InChI=1S/C10H16N2O2S2/c1-11-6-9-4-10(7-15-9)16(13,14)12-5-8-2-3-8/h4,7-8,11-12H,2-3,5-6H2,1H3. The molecule has 0 radical (unpaired) electrons. The summed E-state index contributed by atoms with van der Waals surface area (Å²) in [5, 5.41) is 4.70. The molecule has 0 aromatic carbocycles. The van der Waals surface area contributed by atoms with Crippen LogP contribution in [0.15, 0.2) is 16.3 Å². The molecule has 90 valence electrons. The maximum atomic E-state index is 11.9. The second-order valence-electron chi connectivity index (χ2n) is 4.07. The molecule has 0 saturated heterocycles. The fourth-order valence-corrected chi connectivity index (χ4v) is 3.80. The zero-order valence-electron chi connectivity index (χ0n) is 9.19. The molecule has 1 aliphatic carbocycles. The summed E-state index contributed by atoms with van der Waals surface area (Å²) < 4.78 is 26.4. The van der Waals surface area contributed by atoms with E-state index >= 15 is 0 Å². The van der Waals surface area contributed by atoms with Gasteiger partial charge in [-0.3, -0.25) is 0 Å². The van der Waals surface area contributed by atoms with Crippen molar-refractivity contribution in [3.63, 3.8) is 0 Å². The van der Waals surface area contributed by atoms with Gasteiger partial charge in [0.25, 0.3) is 0 Å². The van der Waals surface area contributed by atoms with E-state index in [0.29, 0.717) is 23.9 Å². The maximum absolute atomic E-state index is 11.9. The quantitative estimate of drug-likeness (QED) is 0.807. The van der Waals surface area contributed by atoms with Gasteiger partial charge >= 0.3 is 0 Å². The number of hydrogen-bond acceptors (Lipinski definition) is 4. The first kappa shape index (κ1) is 12.0. The topological polar surface area (TPSA) is 58.2 Å². The highest BCUT2D eigenvalue weighted by atomic mass is 32.2. The van der Waals surface area contributed by atoms with Crippen molar-refractivity contribution in [1.29, 1.82) is 0 Å². The van der Waals surface area contributed by atoms with Crippen molar-refractivity contribution in [1.82, 2.24) is 10.0 Å². The molecule has 1 aromatic rings. The van der Waals surface area contributed by atoms with Crippen LogP contribution in [0.1, 0.15) is 17.7 Å². The summed E-state index contributed by atoms with van der Waals surface area (Å²) in [5.74, 6) is 0.560. The molecule has 1 fully saturated rings. The molecular formula is C10H16N2O2S2. The number of thiophene rings is 1. The van der Waals surface area contributed by atoms with Crippen molar-refractivity contribution < 1.29 is 8.42 Å². The molecule has 6 heteroatoms. The smallest absolute Gasteiger partial charge is 0.241 e. The van der Waals surface area contributed by atoms with Crippen molar-refractivity contribution in [3.05, 3.63) is 16.3 Å². The van der Waals surface area contributed by atoms with Crippen LogP contribution in [0.25, 0.3) is 0 Å². The molecule has 4 nitrogen and oxygen atoms in total. The molecule has 0 bridgehead atoms. The monoisotopic (exact) mass is 260 g/mol. The van der Waals surface area contributed by atoms with E-state index in [2.05, 4.69) is 10.0 Å². The Morgan fingerprint density at radius 1 is 1.50 bits per heavy atom. The molecule has 2 N–H and O–H groups in total. The van der Waals surface area contributed by atoms with Crippen LogP contribution in [0.2, 0.25) is 0 Å².